The zero-order valence-electron chi connectivity index (χ0n) is 10.1. The summed E-state index contributed by atoms with van der Waals surface area (Å²) in [7, 11) is 0. The van der Waals surface area contributed by atoms with Crippen LogP contribution in [0.15, 0.2) is 28.9 Å². The molecular formula is C11H7ClF3N3O3. The number of carbonyl (C=O) groups excluding carboxylic acids is 1. The summed E-state index contributed by atoms with van der Waals surface area (Å²) >= 11 is 5.61. The third-order valence-corrected chi connectivity index (χ3v) is 2.39. The van der Waals surface area contributed by atoms with E-state index >= 15 is 0 Å². The van der Waals surface area contributed by atoms with Crippen molar-refractivity contribution >= 4 is 23.6 Å². The Labute approximate surface area is 121 Å². The maximum absolute atomic E-state index is 12.1. The highest BCUT2D eigenvalue weighted by Gasteiger charge is 2.31. The van der Waals surface area contributed by atoms with Crippen molar-refractivity contribution in [1.29, 1.82) is 5.53 Å². The number of nitrogens with zero attached hydrogens (tertiary/aromatic N) is 2. The summed E-state index contributed by atoms with van der Waals surface area (Å²) < 4.78 is 39.8. The number of ether oxygens (including phenoxy) is 1. The number of aliphatic carboxylic acids is 1. The Morgan fingerprint density at radius 1 is 1.52 bits per heavy atom. The van der Waals surface area contributed by atoms with Crippen LogP contribution in [-0.2, 0) is 4.79 Å². The van der Waals surface area contributed by atoms with Gasteiger partial charge >= 0.3 is 6.36 Å². The largest absolute Gasteiger partial charge is 0.573 e. The number of carboxylic acid groups (broad SMARTS) is 1. The summed E-state index contributed by atoms with van der Waals surface area (Å²) in [5.74, 6) is -2.16. The molecule has 0 bridgehead atoms. The van der Waals surface area contributed by atoms with Gasteiger partial charge in [0.1, 0.15) is 22.9 Å². The Kier molecular flexibility index (Phi) is 5.45. The molecule has 0 aliphatic heterocycles. The van der Waals surface area contributed by atoms with Crippen molar-refractivity contribution < 1.29 is 27.8 Å². The zero-order valence-corrected chi connectivity index (χ0v) is 10.9. The third kappa shape index (κ3) is 5.64. The van der Waals surface area contributed by atoms with Crippen LogP contribution >= 0.6 is 11.6 Å². The molecule has 0 fully saturated rings. The predicted octanol–water partition coefficient (Wildman–Crippen LogP) is 1.92. The molecule has 6 nitrogen and oxygen atoms in total. The van der Waals surface area contributed by atoms with Crippen molar-refractivity contribution in [3.63, 3.8) is 0 Å². The van der Waals surface area contributed by atoms with Gasteiger partial charge in [-0.3, -0.25) is 0 Å². The van der Waals surface area contributed by atoms with Gasteiger partial charge in [0.25, 0.3) is 0 Å². The van der Waals surface area contributed by atoms with Crippen molar-refractivity contribution in [2.24, 2.45) is 5.11 Å². The van der Waals surface area contributed by atoms with Gasteiger partial charge in [0.05, 0.1) is 11.0 Å². The average molecular weight is 322 g/mol. The minimum atomic E-state index is -4.88. The van der Waals surface area contributed by atoms with Gasteiger partial charge in [-0.1, -0.05) is 17.7 Å². The van der Waals surface area contributed by atoms with Crippen LogP contribution in [0, 0.1) is 5.53 Å². The lowest BCUT2D eigenvalue weighted by molar-refractivity contribution is -0.299. The Morgan fingerprint density at radius 3 is 2.67 bits per heavy atom. The van der Waals surface area contributed by atoms with Crippen LogP contribution in [0.1, 0.15) is 5.56 Å². The topological polar surface area (TPSA) is 99.7 Å². The summed E-state index contributed by atoms with van der Waals surface area (Å²) in [6.45, 7) is -0.412. The number of alkyl halides is 3. The number of hydrogen-bond donors (Lipinski definition) is 1. The molecule has 0 heterocycles. The van der Waals surface area contributed by atoms with Crippen LogP contribution in [0.5, 0.6) is 5.75 Å². The molecule has 0 aliphatic carbocycles. The Morgan fingerprint density at radius 2 is 2.19 bits per heavy atom. The maximum Gasteiger partial charge on any atom is 0.573 e. The SMILES string of the molecule is N=[N+]=NCC(=Cc1ccc(OC(F)(F)F)c(Cl)c1)C(=O)[O-]. The van der Waals surface area contributed by atoms with Crippen LogP contribution in [0.4, 0.5) is 13.2 Å². The summed E-state index contributed by atoms with van der Waals surface area (Å²) in [5, 5.41) is 13.6. The van der Waals surface area contributed by atoms with Crippen LogP contribution in [0.25, 0.3) is 6.08 Å². The summed E-state index contributed by atoms with van der Waals surface area (Å²) in [6, 6.07) is 3.21. The van der Waals surface area contributed by atoms with E-state index in [2.05, 4.69) is 14.8 Å². The first-order valence-corrected chi connectivity index (χ1v) is 5.61. The van der Waals surface area contributed by atoms with Gasteiger partial charge in [-0.15, -0.1) is 13.2 Å². The fraction of sp³-hybridized carbons (Fsp3) is 0.182. The Hall–Kier alpha value is -2.38. The number of benzene rings is 1. The summed E-state index contributed by atoms with van der Waals surface area (Å²) in [6.07, 6.45) is -3.79. The van der Waals surface area contributed by atoms with E-state index in [1.807, 2.05) is 0 Å². The number of nitrogens with one attached hydrogen (secondary N) is 1. The van der Waals surface area contributed by atoms with Crippen molar-refractivity contribution in [3.05, 3.63) is 34.4 Å². The molecule has 0 spiro atoms. The minimum Gasteiger partial charge on any atom is -0.545 e. The number of halogens is 4. The molecule has 0 atom stereocenters. The maximum atomic E-state index is 12.1. The molecule has 1 aromatic rings. The first kappa shape index (κ1) is 16.7. The van der Waals surface area contributed by atoms with Crippen LogP contribution in [0.3, 0.4) is 0 Å². The lowest BCUT2D eigenvalue weighted by Crippen LogP contribution is -2.25. The molecule has 21 heavy (non-hydrogen) atoms. The zero-order chi connectivity index (χ0) is 16.0. The number of carboxylic acids is 1. The van der Waals surface area contributed by atoms with E-state index < -0.39 is 24.6 Å². The van der Waals surface area contributed by atoms with Crippen molar-refractivity contribution in [3.8, 4) is 5.75 Å². The average Bonchev–Trinajstić information content (AvgIpc) is 2.36. The molecule has 112 valence electrons. The third-order valence-electron chi connectivity index (χ3n) is 2.10. The molecule has 0 saturated heterocycles. The number of rotatable bonds is 5. The molecule has 1 rings (SSSR count). The molecule has 0 radical (unpaired) electrons. The second-order valence-corrected chi connectivity index (χ2v) is 4.00. The molecular weight excluding hydrogens is 315 g/mol. The van der Waals surface area contributed by atoms with Crippen molar-refractivity contribution in [2.75, 3.05) is 6.54 Å². The van der Waals surface area contributed by atoms with E-state index in [4.69, 9.17) is 17.1 Å². The van der Waals surface area contributed by atoms with Gasteiger partial charge in [0.15, 0.2) is 0 Å². The van der Waals surface area contributed by atoms with Crippen molar-refractivity contribution in [2.45, 2.75) is 6.36 Å². The molecule has 0 aliphatic rings. The molecule has 10 heteroatoms. The standard InChI is InChI=1S/C11H7ClF3N3O3/c12-8-4-6(1-2-9(8)21-11(13,14)15)3-7(10(19)20)5-17-18-16/h1-4,16H,5H2. The highest BCUT2D eigenvalue weighted by Crippen LogP contribution is 2.31. The Bertz CT molecular complexity index is 625. The minimum absolute atomic E-state index is 0.203. The van der Waals surface area contributed by atoms with Crippen LogP contribution < -0.4 is 14.8 Å². The molecule has 1 aromatic carbocycles. The lowest BCUT2D eigenvalue weighted by atomic mass is 10.1. The highest BCUT2D eigenvalue weighted by molar-refractivity contribution is 6.32. The van der Waals surface area contributed by atoms with E-state index in [0.29, 0.717) is 0 Å². The van der Waals surface area contributed by atoms with E-state index in [9.17, 15) is 23.1 Å². The van der Waals surface area contributed by atoms with E-state index in [1.165, 1.54) is 6.07 Å². The predicted molar refractivity (Wildman–Crippen MR) is 63.3 cm³/mol. The van der Waals surface area contributed by atoms with E-state index in [1.54, 1.807) is 0 Å². The molecule has 0 saturated carbocycles. The van der Waals surface area contributed by atoms with Crippen LogP contribution in [-0.4, -0.2) is 18.9 Å². The second kappa shape index (κ2) is 6.87. The Balaban J connectivity index is 3.07. The lowest BCUT2D eigenvalue weighted by Gasteiger charge is -2.11. The van der Waals surface area contributed by atoms with E-state index in [0.717, 1.165) is 18.2 Å². The van der Waals surface area contributed by atoms with Crippen LogP contribution in [0.2, 0.25) is 5.02 Å². The van der Waals surface area contributed by atoms with Gasteiger partial charge in [-0.2, -0.15) is 0 Å². The second-order valence-electron chi connectivity index (χ2n) is 3.59. The number of carbonyl (C=O) groups is 1. The van der Waals surface area contributed by atoms with Gasteiger partial charge in [-0.25, -0.2) is 0 Å². The van der Waals surface area contributed by atoms with Crippen molar-refractivity contribution in [1.82, 2.24) is 4.91 Å². The van der Waals surface area contributed by atoms with Gasteiger partial charge < -0.3 is 14.6 Å². The highest BCUT2D eigenvalue weighted by atomic mass is 35.5. The fourth-order valence-electron chi connectivity index (χ4n) is 1.30. The quantitative estimate of drug-likeness (QED) is 0.509. The smallest absolute Gasteiger partial charge is 0.545 e. The molecule has 0 unspecified atom stereocenters. The molecule has 1 N–H and O–H groups in total. The first-order valence-electron chi connectivity index (χ1n) is 5.23. The summed E-state index contributed by atoms with van der Waals surface area (Å²) in [5.41, 5.74) is 6.33. The normalized spacial score (nSPS) is 11.7. The van der Waals surface area contributed by atoms with Gasteiger partial charge in [-0.05, 0) is 23.8 Å². The monoisotopic (exact) mass is 321 g/mol. The van der Waals surface area contributed by atoms with E-state index in [-0.39, 0.29) is 16.2 Å². The molecule has 0 aromatic heterocycles. The number of hydrogen-bond acceptors (Lipinski definition) is 5. The molecule has 0 amide bonds. The summed E-state index contributed by atoms with van der Waals surface area (Å²) in [4.78, 5) is 13.4. The van der Waals surface area contributed by atoms with Gasteiger partial charge in [0.2, 0.25) is 4.91 Å². The first-order chi connectivity index (χ1) is 9.73. The van der Waals surface area contributed by atoms with Gasteiger partial charge in [0, 0.05) is 5.57 Å². The fourth-order valence-corrected chi connectivity index (χ4v) is 1.52.